The van der Waals surface area contributed by atoms with Crippen LogP contribution < -0.4 is 9.80 Å². The van der Waals surface area contributed by atoms with Gasteiger partial charge in [0.15, 0.2) is 0 Å². The first-order valence-corrected chi connectivity index (χ1v) is 25.8. The van der Waals surface area contributed by atoms with Gasteiger partial charge < -0.3 is 18.6 Å². The van der Waals surface area contributed by atoms with Gasteiger partial charge in [0, 0.05) is 77.0 Å². The Balaban J connectivity index is 1.14. The summed E-state index contributed by atoms with van der Waals surface area (Å²) in [5, 5.41) is 9.94. The zero-order valence-corrected chi connectivity index (χ0v) is 41.7. The molecule has 0 aliphatic rings. The number of para-hydroxylation sites is 4. The molecule has 0 unspecified atom stereocenters. The van der Waals surface area contributed by atoms with Crippen LogP contribution in [0.4, 0.5) is 34.1 Å². The zero-order valence-electron chi connectivity index (χ0n) is 41.7. The minimum atomic E-state index is 1.12. The fourth-order valence-corrected chi connectivity index (χ4v) is 13.1. The van der Waals surface area contributed by atoms with Crippen molar-refractivity contribution in [2.24, 2.45) is 0 Å². The summed E-state index contributed by atoms with van der Waals surface area (Å²) in [5.41, 5.74) is 24.0. The Morgan fingerprint density at radius 3 is 0.959 bits per heavy atom. The van der Waals surface area contributed by atoms with Crippen LogP contribution in [0.5, 0.6) is 0 Å². The number of hydrogen-bond acceptors (Lipinski definition) is 2. The van der Waals surface area contributed by atoms with Gasteiger partial charge in [-0.3, -0.25) is 0 Å². The van der Waals surface area contributed by atoms with E-state index in [9.17, 15) is 0 Å². The van der Waals surface area contributed by atoms with E-state index in [0.717, 1.165) is 34.1 Å². The topological polar surface area (TPSA) is 15.3 Å². The van der Waals surface area contributed by atoms with Crippen molar-refractivity contribution in [2.45, 2.75) is 27.7 Å². The van der Waals surface area contributed by atoms with Crippen LogP contribution in [0.2, 0.25) is 0 Å². The Morgan fingerprint density at radius 1 is 0.270 bits per heavy atom. The second kappa shape index (κ2) is 16.1. The third kappa shape index (κ3) is 6.03. The smallest absolute Gasteiger partial charge is 0.0634 e. The molecule has 0 saturated carbocycles. The molecule has 11 aromatic carbocycles. The summed E-state index contributed by atoms with van der Waals surface area (Å²) in [4.78, 5) is 4.92. The summed E-state index contributed by atoms with van der Waals surface area (Å²) in [7, 11) is 0. The molecule has 74 heavy (non-hydrogen) atoms. The lowest BCUT2D eigenvalue weighted by molar-refractivity contribution is 1.26. The fraction of sp³-hybridized carbons (Fsp3) is 0.0571. The van der Waals surface area contributed by atoms with Crippen LogP contribution in [-0.2, 0) is 0 Å². The Labute approximate surface area is 429 Å². The highest BCUT2D eigenvalue weighted by Gasteiger charge is 2.32. The van der Waals surface area contributed by atoms with Crippen molar-refractivity contribution in [1.29, 1.82) is 0 Å². The molecule has 0 fully saturated rings. The first kappa shape index (κ1) is 42.3. The molecule has 0 atom stereocenters. The van der Waals surface area contributed by atoms with Gasteiger partial charge in [0.25, 0.3) is 0 Å². The highest BCUT2D eigenvalue weighted by molar-refractivity contribution is 6.39. The van der Waals surface area contributed by atoms with Gasteiger partial charge in [0.2, 0.25) is 0 Å². The first-order valence-electron chi connectivity index (χ1n) is 25.8. The van der Waals surface area contributed by atoms with Crippen LogP contribution in [0.25, 0.3) is 98.4 Å². The first-order chi connectivity index (χ1) is 36.4. The highest BCUT2D eigenvalue weighted by atomic mass is 15.2. The van der Waals surface area contributed by atoms with Crippen LogP contribution in [-0.4, -0.2) is 8.80 Å². The van der Waals surface area contributed by atoms with E-state index in [4.69, 9.17) is 0 Å². The monoisotopic (exact) mass is 946 g/mol. The fourth-order valence-electron chi connectivity index (χ4n) is 13.1. The molecular weight excluding hydrogens is 897 g/mol. The molecule has 4 heteroatoms. The second-order valence-corrected chi connectivity index (χ2v) is 20.4. The van der Waals surface area contributed by atoms with Crippen molar-refractivity contribution in [3.63, 3.8) is 0 Å². The van der Waals surface area contributed by atoms with Crippen LogP contribution >= 0.6 is 0 Å². The average Bonchev–Trinajstić information content (AvgIpc) is 4.16. The quantitative estimate of drug-likeness (QED) is 0.151. The van der Waals surface area contributed by atoms with E-state index in [2.05, 4.69) is 277 Å². The largest absolute Gasteiger partial charge is 0.310 e. The normalized spacial score (nSPS) is 12.1. The van der Waals surface area contributed by atoms with Crippen LogP contribution in [0, 0.1) is 27.7 Å². The molecule has 350 valence electrons. The number of hydrogen-bond donors (Lipinski definition) is 0. The third-order valence-electron chi connectivity index (χ3n) is 15.6. The Hall–Kier alpha value is -9.38. The van der Waals surface area contributed by atoms with Gasteiger partial charge in [0.05, 0.1) is 44.5 Å². The number of aromatic nitrogens is 2. The predicted octanol–water partition coefficient (Wildman–Crippen LogP) is 19.5. The van der Waals surface area contributed by atoms with E-state index in [-0.39, 0.29) is 0 Å². The van der Waals surface area contributed by atoms with Crippen molar-refractivity contribution < 1.29 is 0 Å². The van der Waals surface area contributed by atoms with Crippen LogP contribution in [0.1, 0.15) is 22.3 Å². The summed E-state index contributed by atoms with van der Waals surface area (Å²) in [6.07, 6.45) is 0. The molecule has 0 spiro atoms. The van der Waals surface area contributed by atoms with Crippen molar-refractivity contribution >= 4 is 110 Å². The third-order valence-corrected chi connectivity index (χ3v) is 15.6. The summed E-state index contributed by atoms with van der Waals surface area (Å²) in [6.45, 7) is 8.80. The number of anilines is 6. The molecule has 0 aliphatic heterocycles. The Kier molecular flexibility index (Phi) is 9.19. The minimum Gasteiger partial charge on any atom is -0.310 e. The van der Waals surface area contributed by atoms with E-state index >= 15 is 0 Å². The van der Waals surface area contributed by atoms with Gasteiger partial charge in [-0.25, -0.2) is 0 Å². The number of benzene rings is 11. The highest BCUT2D eigenvalue weighted by Crippen LogP contribution is 2.56. The van der Waals surface area contributed by atoms with E-state index < -0.39 is 0 Å². The van der Waals surface area contributed by atoms with E-state index in [1.54, 1.807) is 0 Å². The second-order valence-electron chi connectivity index (χ2n) is 20.4. The van der Waals surface area contributed by atoms with Gasteiger partial charge in [-0.05, 0) is 134 Å². The van der Waals surface area contributed by atoms with Gasteiger partial charge in [-0.1, -0.05) is 158 Å². The lowest BCUT2D eigenvalue weighted by atomic mass is 9.89. The van der Waals surface area contributed by atoms with Crippen molar-refractivity contribution in [3.05, 3.63) is 253 Å². The van der Waals surface area contributed by atoms with Crippen LogP contribution in [0.3, 0.4) is 0 Å². The zero-order chi connectivity index (χ0) is 49.3. The van der Waals surface area contributed by atoms with Crippen molar-refractivity contribution in [2.75, 3.05) is 9.80 Å². The van der Waals surface area contributed by atoms with E-state index in [1.165, 1.54) is 121 Å². The summed E-state index contributed by atoms with van der Waals surface area (Å²) in [6, 6.07) is 85.8. The maximum atomic E-state index is 2.63. The summed E-state index contributed by atoms with van der Waals surface area (Å²) in [5.74, 6) is 0. The Morgan fingerprint density at radius 2 is 0.595 bits per heavy atom. The molecule has 0 amide bonds. The maximum Gasteiger partial charge on any atom is 0.0634 e. The molecule has 0 aliphatic carbocycles. The van der Waals surface area contributed by atoms with Crippen molar-refractivity contribution in [3.8, 4) is 22.3 Å². The summed E-state index contributed by atoms with van der Waals surface area (Å²) < 4.78 is 5.26. The molecule has 4 aromatic heterocycles. The van der Waals surface area contributed by atoms with Gasteiger partial charge in [-0.15, -0.1) is 0 Å². The molecule has 0 bridgehead atoms. The number of fused-ring (bicyclic) bond motifs is 12. The van der Waals surface area contributed by atoms with Crippen LogP contribution in [0.15, 0.2) is 231 Å². The summed E-state index contributed by atoms with van der Waals surface area (Å²) >= 11 is 0. The molecular formula is C70H50N4. The standard InChI is InChI=1S/C70H50N4/c1-43-37-44(2)40-51(39-43)71(49-25-13-7-14-26-49)57-33-19-35-59-63(57)53-29-17-31-55-65-62(48-23-11-6-12-24-48)70-66(61(47-21-9-5-10-22-47)69(65)73(59)67(53)55)56-32-18-30-54-64-58(34-20-36-60(64)74(70)68(54)56)72(50-27-15-8-16-28-50)52-41-45(3)38-46(4)42-52/h5-42H,1-4H3. The number of nitrogens with zero attached hydrogens (tertiary/aromatic N) is 4. The van der Waals surface area contributed by atoms with Gasteiger partial charge in [-0.2, -0.15) is 0 Å². The van der Waals surface area contributed by atoms with Gasteiger partial charge >= 0.3 is 0 Å². The van der Waals surface area contributed by atoms with E-state index in [1.807, 2.05) is 0 Å². The molecule has 15 aromatic rings. The number of rotatable bonds is 8. The SMILES string of the molecule is Cc1cc(C)cc(N(c2ccccc2)c2cccc3c2c2cccc4c5c(-c6ccccc6)c6c(c(-c7ccccc7)c5n3c24)c2cccc3c4c(N(c5ccccc5)c5cc(C)cc(C)c5)cccc4n6c32)c1. The molecule has 4 nitrogen and oxygen atoms in total. The van der Waals surface area contributed by atoms with Gasteiger partial charge in [0.1, 0.15) is 0 Å². The number of aryl methyl sites for hydroxylation is 4. The minimum absolute atomic E-state index is 1.12. The lowest BCUT2D eigenvalue weighted by Crippen LogP contribution is -2.10. The molecule has 15 rings (SSSR count). The molecule has 0 saturated heterocycles. The molecule has 0 N–H and O–H groups in total. The Bertz CT molecular complexity index is 4340. The average molecular weight is 947 g/mol. The maximum absolute atomic E-state index is 2.63. The molecule has 0 radical (unpaired) electrons. The van der Waals surface area contributed by atoms with Crippen molar-refractivity contribution in [1.82, 2.24) is 8.80 Å². The van der Waals surface area contributed by atoms with E-state index in [0.29, 0.717) is 0 Å². The molecule has 4 heterocycles. The predicted molar refractivity (Wildman–Crippen MR) is 315 cm³/mol. The lowest BCUT2D eigenvalue weighted by Gasteiger charge is -2.27.